The maximum absolute atomic E-state index is 10.5. The molecule has 0 bridgehead atoms. The molecular weight excluding hydrogens is 212 g/mol. The Labute approximate surface area is 91.4 Å². The summed E-state index contributed by atoms with van der Waals surface area (Å²) in [7, 11) is 0. The number of nitro groups is 1. The van der Waals surface area contributed by atoms with Crippen LogP contribution in [0.25, 0.3) is 6.08 Å². The summed E-state index contributed by atoms with van der Waals surface area (Å²) in [5.74, 6) is -0.935. The molecule has 1 heterocycles. The summed E-state index contributed by atoms with van der Waals surface area (Å²) in [5.41, 5.74) is 0.766. The fourth-order valence-electron chi connectivity index (χ4n) is 1.14. The Morgan fingerprint density at radius 1 is 1.62 bits per heavy atom. The summed E-state index contributed by atoms with van der Waals surface area (Å²) >= 11 is 0. The van der Waals surface area contributed by atoms with Crippen LogP contribution in [0.2, 0.25) is 0 Å². The standard InChI is InChI=1S/C10H10N2O4/c1-7-9(12(15)16)6-5-8(11-7)3-2-4-10(13)14/h2-3,5-6H,4H2,1H3,(H,13,14). The maximum atomic E-state index is 10.5. The summed E-state index contributed by atoms with van der Waals surface area (Å²) < 4.78 is 0. The van der Waals surface area contributed by atoms with Crippen molar-refractivity contribution in [1.82, 2.24) is 4.98 Å². The third-order valence-electron chi connectivity index (χ3n) is 1.86. The van der Waals surface area contributed by atoms with Gasteiger partial charge in [0.1, 0.15) is 5.69 Å². The van der Waals surface area contributed by atoms with E-state index in [0.29, 0.717) is 11.4 Å². The van der Waals surface area contributed by atoms with Crippen LogP contribution < -0.4 is 0 Å². The van der Waals surface area contributed by atoms with Crippen LogP contribution in [-0.4, -0.2) is 21.0 Å². The second-order valence-corrected chi connectivity index (χ2v) is 3.10. The minimum Gasteiger partial charge on any atom is -0.481 e. The second kappa shape index (κ2) is 5.01. The number of pyridine rings is 1. The molecule has 0 aliphatic carbocycles. The highest BCUT2D eigenvalue weighted by Gasteiger charge is 2.10. The molecule has 0 aliphatic heterocycles. The summed E-state index contributed by atoms with van der Waals surface area (Å²) in [4.78, 5) is 24.2. The fraction of sp³-hybridized carbons (Fsp3) is 0.200. The predicted molar refractivity (Wildman–Crippen MR) is 56.9 cm³/mol. The minimum absolute atomic E-state index is 0.0459. The highest BCUT2D eigenvalue weighted by molar-refractivity contribution is 5.70. The molecule has 0 radical (unpaired) electrons. The lowest BCUT2D eigenvalue weighted by Crippen LogP contribution is -1.95. The lowest BCUT2D eigenvalue weighted by atomic mass is 10.2. The molecule has 0 fully saturated rings. The highest BCUT2D eigenvalue weighted by atomic mass is 16.6. The number of aryl methyl sites for hydroxylation is 1. The van der Waals surface area contributed by atoms with Crippen LogP contribution in [0.3, 0.4) is 0 Å². The molecule has 0 aromatic carbocycles. The molecule has 84 valence electrons. The number of hydrogen-bond donors (Lipinski definition) is 1. The van der Waals surface area contributed by atoms with Gasteiger partial charge in [-0.15, -0.1) is 0 Å². The van der Waals surface area contributed by atoms with Crippen molar-refractivity contribution in [3.05, 3.63) is 39.7 Å². The second-order valence-electron chi connectivity index (χ2n) is 3.10. The van der Waals surface area contributed by atoms with Gasteiger partial charge in [-0.3, -0.25) is 14.9 Å². The van der Waals surface area contributed by atoms with E-state index in [1.807, 2.05) is 0 Å². The Hall–Kier alpha value is -2.24. The number of hydrogen-bond acceptors (Lipinski definition) is 4. The van der Waals surface area contributed by atoms with E-state index in [-0.39, 0.29) is 12.1 Å². The Balaban J connectivity index is 2.85. The zero-order valence-electron chi connectivity index (χ0n) is 8.58. The molecule has 1 aromatic rings. The summed E-state index contributed by atoms with van der Waals surface area (Å²) in [6.07, 6.45) is 2.86. The van der Waals surface area contributed by atoms with Crippen molar-refractivity contribution in [1.29, 1.82) is 0 Å². The van der Waals surface area contributed by atoms with Gasteiger partial charge in [-0.2, -0.15) is 0 Å². The third-order valence-corrected chi connectivity index (χ3v) is 1.86. The van der Waals surface area contributed by atoms with E-state index in [2.05, 4.69) is 4.98 Å². The minimum atomic E-state index is -0.935. The van der Waals surface area contributed by atoms with Crippen LogP contribution in [0.1, 0.15) is 17.8 Å². The van der Waals surface area contributed by atoms with Gasteiger partial charge >= 0.3 is 5.97 Å². The molecular formula is C10H10N2O4. The van der Waals surface area contributed by atoms with Crippen molar-refractivity contribution in [2.24, 2.45) is 0 Å². The van der Waals surface area contributed by atoms with E-state index in [1.165, 1.54) is 31.2 Å². The van der Waals surface area contributed by atoms with Crippen molar-refractivity contribution in [2.75, 3.05) is 0 Å². The predicted octanol–water partition coefficient (Wildman–Crippen LogP) is 1.79. The van der Waals surface area contributed by atoms with Crippen LogP contribution in [0.15, 0.2) is 18.2 Å². The fourth-order valence-corrected chi connectivity index (χ4v) is 1.14. The van der Waals surface area contributed by atoms with Crippen molar-refractivity contribution in [3.63, 3.8) is 0 Å². The van der Waals surface area contributed by atoms with Crippen LogP contribution >= 0.6 is 0 Å². The van der Waals surface area contributed by atoms with Gasteiger partial charge in [-0.25, -0.2) is 4.98 Å². The number of carbonyl (C=O) groups is 1. The van der Waals surface area contributed by atoms with E-state index in [0.717, 1.165) is 0 Å². The zero-order valence-corrected chi connectivity index (χ0v) is 8.58. The van der Waals surface area contributed by atoms with Crippen molar-refractivity contribution >= 4 is 17.7 Å². The molecule has 6 nitrogen and oxygen atoms in total. The first-order valence-electron chi connectivity index (χ1n) is 4.51. The van der Waals surface area contributed by atoms with Gasteiger partial charge < -0.3 is 5.11 Å². The van der Waals surface area contributed by atoms with Crippen molar-refractivity contribution in [2.45, 2.75) is 13.3 Å². The highest BCUT2D eigenvalue weighted by Crippen LogP contribution is 2.15. The lowest BCUT2D eigenvalue weighted by Gasteiger charge is -1.97. The van der Waals surface area contributed by atoms with E-state index in [9.17, 15) is 14.9 Å². The van der Waals surface area contributed by atoms with E-state index in [1.54, 1.807) is 0 Å². The topological polar surface area (TPSA) is 93.3 Å². The smallest absolute Gasteiger partial charge is 0.307 e. The largest absolute Gasteiger partial charge is 0.481 e. The number of aliphatic carboxylic acids is 1. The molecule has 1 aromatic heterocycles. The lowest BCUT2D eigenvalue weighted by molar-refractivity contribution is -0.385. The van der Waals surface area contributed by atoms with Crippen molar-refractivity contribution in [3.8, 4) is 0 Å². The van der Waals surface area contributed by atoms with Crippen LogP contribution in [0.4, 0.5) is 5.69 Å². The molecule has 0 atom stereocenters. The van der Waals surface area contributed by atoms with Gasteiger partial charge in [0.05, 0.1) is 17.0 Å². The van der Waals surface area contributed by atoms with Gasteiger partial charge in [0.2, 0.25) is 0 Å². The number of aromatic nitrogens is 1. The summed E-state index contributed by atoms with van der Waals surface area (Å²) in [6.45, 7) is 1.53. The Kier molecular flexibility index (Phi) is 3.71. The summed E-state index contributed by atoms with van der Waals surface area (Å²) in [6, 6.07) is 2.83. The molecule has 6 heteroatoms. The Morgan fingerprint density at radius 3 is 2.81 bits per heavy atom. The van der Waals surface area contributed by atoms with Gasteiger partial charge in [0.15, 0.2) is 0 Å². The summed E-state index contributed by atoms with van der Waals surface area (Å²) in [5, 5.41) is 18.9. The SMILES string of the molecule is Cc1nc(C=CCC(=O)O)ccc1[N+](=O)[O-]. The van der Waals surface area contributed by atoms with Gasteiger partial charge in [-0.05, 0) is 19.1 Å². The van der Waals surface area contributed by atoms with Crippen LogP contribution in [0, 0.1) is 17.0 Å². The average molecular weight is 222 g/mol. The Morgan fingerprint density at radius 2 is 2.31 bits per heavy atom. The number of carboxylic acids is 1. The molecule has 0 unspecified atom stereocenters. The molecule has 0 saturated heterocycles. The van der Waals surface area contributed by atoms with Crippen LogP contribution in [0.5, 0.6) is 0 Å². The molecule has 1 rings (SSSR count). The Bertz CT molecular complexity index is 454. The molecule has 0 spiro atoms. The van der Waals surface area contributed by atoms with Crippen molar-refractivity contribution < 1.29 is 14.8 Å². The molecule has 0 saturated carbocycles. The first-order valence-corrected chi connectivity index (χ1v) is 4.51. The quantitative estimate of drug-likeness (QED) is 0.619. The van der Waals surface area contributed by atoms with E-state index in [4.69, 9.17) is 5.11 Å². The normalized spacial score (nSPS) is 10.6. The van der Waals surface area contributed by atoms with Gasteiger partial charge in [-0.1, -0.05) is 6.08 Å². The third kappa shape index (κ3) is 3.16. The zero-order chi connectivity index (χ0) is 12.1. The molecule has 0 aliphatic rings. The van der Waals surface area contributed by atoms with Gasteiger partial charge in [0.25, 0.3) is 5.69 Å². The molecule has 1 N–H and O–H groups in total. The first kappa shape index (κ1) is 11.8. The van der Waals surface area contributed by atoms with E-state index >= 15 is 0 Å². The number of rotatable bonds is 4. The van der Waals surface area contributed by atoms with Gasteiger partial charge in [0, 0.05) is 6.07 Å². The first-order chi connectivity index (χ1) is 7.50. The van der Waals surface area contributed by atoms with E-state index < -0.39 is 10.9 Å². The number of nitrogens with zero attached hydrogens (tertiary/aromatic N) is 2. The maximum Gasteiger partial charge on any atom is 0.307 e. The van der Waals surface area contributed by atoms with Crippen LogP contribution in [-0.2, 0) is 4.79 Å². The average Bonchev–Trinajstić information content (AvgIpc) is 2.16. The monoisotopic (exact) mass is 222 g/mol. The molecule has 16 heavy (non-hydrogen) atoms. The molecule has 0 amide bonds. The number of carboxylic acid groups (broad SMARTS) is 1.